The van der Waals surface area contributed by atoms with Crippen LogP contribution in [-0.2, 0) is 0 Å². The highest BCUT2D eigenvalue weighted by molar-refractivity contribution is 9.11. The minimum Gasteiger partial charge on any atom is -0.309 e. The van der Waals surface area contributed by atoms with Crippen molar-refractivity contribution in [1.29, 1.82) is 0 Å². The van der Waals surface area contributed by atoms with E-state index in [4.69, 9.17) is 0 Å². The topological polar surface area (TPSA) is 12.0 Å². The quantitative estimate of drug-likeness (QED) is 0.680. The van der Waals surface area contributed by atoms with Crippen molar-refractivity contribution in [2.24, 2.45) is 0 Å². The zero-order valence-electron chi connectivity index (χ0n) is 9.01. The van der Waals surface area contributed by atoms with Crippen LogP contribution >= 0.6 is 59.1 Å². The maximum Gasteiger partial charge on any atom is 0.0594 e. The molecule has 17 heavy (non-hydrogen) atoms. The Balaban J connectivity index is 2.45. The first-order valence-electron chi connectivity index (χ1n) is 4.96. The fourth-order valence-corrected chi connectivity index (χ4v) is 4.62. The Kier molecular flexibility index (Phi) is 4.83. The Morgan fingerprint density at radius 3 is 2.18 bits per heavy atom. The SMILES string of the molecule is CNC(c1cc(Br)cc(Br)c1)c1cscc1Br. The van der Waals surface area contributed by atoms with Crippen molar-refractivity contribution in [3.8, 4) is 0 Å². The second kappa shape index (κ2) is 5.97. The fraction of sp³-hybridized carbons (Fsp3) is 0.167. The third-order valence-electron chi connectivity index (χ3n) is 2.46. The Morgan fingerprint density at radius 2 is 1.71 bits per heavy atom. The Bertz CT molecular complexity index is 504. The lowest BCUT2D eigenvalue weighted by Gasteiger charge is -2.17. The van der Waals surface area contributed by atoms with Gasteiger partial charge in [0, 0.05) is 18.8 Å². The summed E-state index contributed by atoms with van der Waals surface area (Å²) in [7, 11) is 1.98. The molecule has 0 radical (unpaired) electrons. The third kappa shape index (κ3) is 3.20. The Morgan fingerprint density at radius 1 is 1.06 bits per heavy atom. The van der Waals surface area contributed by atoms with Crippen LogP contribution in [-0.4, -0.2) is 7.05 Å². The molecule has 0 bridgehead atoms. The van der Waals surface area contributed by atoms with Gasteiger partial charge in [0.25, 0.3) is 0 Å². The summed E-state index contributed by atoms with van der Waals surface area (Å²) in [6, 6.07) is 6.51. The van der Waals surface area contributed by atoms with E-state index in [1.807, 2.05) is 13.1 Å². The molecule has 0 aliphatic rings. The molecule has 0 spiro atoms. The van der Waals surface area contributed by atoms with Gasteiger partial charge < -0.3 is 5.32 Å². The zero-order chi connectivity index (χ0) is 12.4. The molecular weight excluding hydrogens is 430 g/mol. The highest BCUT2D eigenvalue weighted by Crippen LogP contribution is 2.33. The van der Waals surface area contributed by atoms with E-state index < -0.39 is 0 Å². The third-order valence-corrected chi connectivity index (χ3v) is 5.13. The van der Waals surface area contributed by atoms with Crippen molar-refractivity contribution in [3.05, 3.63) is 53.5 Å². The van der Waals surface area contributed by atoms with Crippen LogP contribution in [0.2, 0.25) is 0 Å². The highest BCUT2D eigenvalue weighted by atomic mass is 79.9. The summed E-state index contributed by atoms with van der Waals surface area (Å²) in [5, 5.41) is 7.62. The molecule has 1 nitrogen and oxygen atoms in total. The normalized spacial score (nSPS) is 12.7. The van der Waals surface area contributed by atoms with Crippen molar-refractivity contribution in [3.63, 3.8) is 0 Å². The first-order valence-corrected chi connectivity index (χ1v) is 8.29. The molecule has 1 N–H and O–H groups in total. The van der Waals surface area contributed by atoms with Gasteiger partial charge in [-0.15, -0.1) is 0 Å². The molecule has 1 atom stereocenters. The van der Waals surface area contributed by atoms with Crippen LogP contribution in [0.3, 0.4) is 0 Å². The smallest absolute Gasteiger partial charge is 0.0594 e. The highest BCUT2D eigenvalue weighted by Gasteiger charge is 2.16. The molecule has 0 saturated heterocycles. The van der Waals surface area contributed by atoms with Crippen LogP contribution in [0.25, 0.3) is 0 Å². The second-order valence-corrected chi connectivity index (χ2v) is 7.03. The van der Waals surface area contributed by atoms with E-state index in [1.54, 1.807) is 11.3 Å². The lowest BCUT2D eigenvalue weighted by atomic mass is 10.0. The van der Waals surface area contributed by atoms with Gasteiger partial charge in [-0.05, 0) is 57.7 Å². The van der Waals surface area contributed by atoms with E-state index in [2.05, 4.69) is 76.0 Å². The van der Waals surface area contributed by atoms with E-state index in [1.165, 1.54) is 11.1 Å². The molecule has 1 aromatic heterocycles. The number of hydrogen-bond acceptors (Lipinski definition) is 2. The lowest BCUT2D eigenvalue weighted by molar-refractivity contribution is 0.691. The summed E-state index contributed by atoms with van der Waals surface area (Å²) in [5.41, 5.74) is 2.50. The van der Waals surface area contributed by atoms with Crippen molar-refractivity contribution >= 4 is 59.1 Å². The largest absolute Gasteiger partial charge is 0.309 e. The zero-order valence-corrected chi connectivity index (χ0v) is 14.6. The average Bonchev–Trinajstić information content (AvgIpc) is 2.65. The van der Waals surface area contributed by atoms with Crippen LogP contribution in [0.4, 0.5) is 0 Å². The molecule has 0 aliphatic heterocycles. The maximum absolute atomic E-state index is 3.59. The molecule has 2 aromatic rings. The van der Waals surface area contributed by atoms with Gasteiger partial charge in [0.1, 0.15) is 0 Å². The molecule has 90 valence electrons. The van der Waals surface area contributed by atoms with E-state index in [9.17, 15) is 0 Å². The fourth-order valence-electron chi connectivity index (χ4n) is 1.74. The first-order chi connectivity index (χ1) is 8.11. The predicted octanol–water partition coefficient (Wildman–Crippen LogP) is 5.34. The molecule has 0 fully saturated rings. The summed E-state index contributed by atoms with van der Waals surface area (Å²) in [6.45, 7) is 0. The van der Waals surface area contributed by atoms with Crippen molar-refractivity contribution in [2.75, 3.05) is 7.05 Å². The van der Waals surface area contributed by atoms with Gasteiger partial charge in [-0.3, -0.25) is 0 Å². The van der Waals surface area contributed by atoms with Gasteiger partial charge in [0.05, 0.1) is 6.04 Å². The summed E-state index contributed by atoms with van der Waals surface area (Å²) in [5.74, 6) is 0. The van der Waals surface area contributed by atoms with Gasteiger partial charge in [-0.2, -0.15) is 11.3 Å². The number of hydrogen-bond donors (Lipinski definition) is 1. The summed E-state index contributed by atoms with van der Waals surface area (Å²) < 4.78 is 3.31. The standard InChI is InChI=1S/C12H10Br3NS/c1-16-12(10-5-17-6-11(10)15)7-2-8(13)4-9(14)3-7/h2-6,12,16H,1H3. The van der Waals surface area contributed by atoms with Crippen molar-refractivity contribution in [2.45, 2.75) is 6.04 Å². The molecule has 1 aromatic carbocycles. The number of rotatable bonds is 3. The van der Waals surface area contributed by atoms with Gasteiger partial charge in [0.15, 0.2) is 0 Å². The summed E-state index contributed by atoms with van der Waals surface area (Å²) in [4.78, 5) is 0. The average molecular weight is 440 g/mol. The van der Waals surface area contributed by atoms with E-state index in [-0.39, 0.29) is 6.04 Å². The van der Waals surface area contributed by atoms with Gasteiger partial charge in [-0.25, -0.2) is 0 Å². The van der Waals surface area contributed by atoms with E-state index in [0.29, 0.717) is 0 Å². The Hall–Kier alpha value is 0.320. The minimum absolute atomic E-state index is 0.199. The molecule has 1 unspecified atom stereocenters. The lowest BCUT2D eigenvalue weighted by Crippen LogP contribution is -2.17. The van der Waals surface area contributed by atoms with E-state index >= 15 is 0 Å². The molecule has 5 heteroatoms. The number of halogens is 3. The van der Waals surface area contributed by atoms with Gasteiger partial charge >= 0.3 is 0 Å². The van der Waals surface area contributed by atoms with Crippen LogP contribution in [0.1, 0.15) is 17.2 Å². The summed E-state index contributed by atoms with van der Waals surface area (Å²) >= 11 is 12.3. The molecule has 2 rings (SSSR count). The maximum atomic E-state index is 3.59. The van der Waals surface area contributed by atoms with Crippen molar-refractivity contribution < 1.29 is 0 Å². The second-order valence-electron chi connectivity index (χ2n) is 3.60. The van der Waals surface area contributed by atoms with Crippen LogP contribution in [0.15, 0.2) is 42.4 Å². The molecule has 1 heterocycles. The number of thiophene rings is 1. The number of nitrogens with one attached hydrogen (secondary N) is 1. The van der Waals surface area contributed by atoms with Crippen molar-refractivity contribution in [1.82, 2.24) is 5.32 Å². The monoisotopic (exact) mass is 437 g/mol. The minimum atomic E-state index is 0.199. The van der Waals surface area contributed by atoms with Crippen LogP contribution < -0.4 is 5.32 Å². The van der Waals surface area contributed by atoms with Crippen LogP contribution in [0.5, 0.6) is 0 Å². The van der Waals surface area contributed by atoms with Gasteiger partial charge in [0.2, 0.25) is 0 Å². The molecular formula is C12H10Br3NS. The molecule has 0 amide bonds. The van der Waals surface area contributed by atoms with Gasteiger partial charge in [-0.1, -0.05) is 31.9 Å². The first kappa shape index (κ1) is 13.7. The summed E-state index contributed by atoms with van der Waals surface area (Å²) in [6.07, 6.45) is 0. The van der Waals surface area contributed by atoms with E-state index in [0.717, 1.165) is 13.4 Å². The predicted molar refractivity (Wildman–Crippen MR) is 84.8 cm³/mol. The number of benzene rings is 1. The molecule has 0 saturated carbocycles. The Labute approximate surface area is 130 Å². The molecule has 0 aliphatic carbocycles. The van der Waals surface area contributed by atoms with Crippen LogP contribution in [0, 0.1) is 0 Å².